The summed E-state index contributed by atoms with van der Waals surface area (Å²) >= 11 is 0. The first-order valence-electron chi connectivity index (χ1n) is 5.73. The largest absolute Gasteiger partial charge is 0.373 e. The minimum atomic E-state index is -0.00372. The molecule has 2 aromatic heterocycles. The van der Waals surface area contributed by atoms with Crippen molar-refractivity contribution in [3.63, 3.8) is 0 Å². The number of anilines is 1. The zero-order chi connectivity index (χ0) is 11.7. The zero-order valence-corrected chi connectivity index (χ0v) is 9.66. The van der Waals surface area contributed by atoms with Gasteiger partial charge in [-0.15, -0.1) is 0 Å². The Bertz CT molecular complexity index is 518. The lowest BCUT2D eigenvalue weighted by molar-refractivity contribution is 0.0228. The van der Waals surface area contributed by atoms with Gasteiger partial charge in [0.05, 0.1) is 12.1 Å². The lowest BCUT2D eigenvalue weighted by Gasteiger charge is -2.21. The quantitative estimate of drug-likeness (QED) is 0.710. The SMILES string of the molecule is CNc1ccc2[nH]c(C3CNCCO3)nc2n1. The fraction of sp³-hybridized carbons (Fsp3) is 0.455. The van der Waals surface area contributed by atoms with Crippen LogP contribution in [-0.2, 0) is 4.74 Å². The number of H-pyrrole nitrogens is 1. The number of nitrogens with one attached hydrogen (secondary N) is 3. The van der Waals surface area contributed by atoms with E-state index < -0.39 is 0 Å². The van der Waals surface area contributed by atoms with Crippen LogP contribution in [0.25, 0.3) is 11.2 Å². The van der Waals surface area contributed by atoms with E-state index in [4.69, 9.17) is 4.74 Å². The van der Waals surface area contributed by atoms with Gasteiger partial charge in [-0.2, -0.15) is 0 Å². The van der Waals surface area contributed by atoms with Gasteiger partial charge in [0.25, 0.3) is 0 Å². The van der Waals surface area contributed by atoms with E-state index in [0.717, 1.165) is 42.5 Å². The third-order valence-corrected chi connectivity index (χ3v) is 2.85. The van der Waals surface area contributed by atoms with E-state index in [2.05, 4.69) is 25.6 Å². The Hall–Kier alpha value is -1.66. The van der Waals surface area contributed by atoms with Gasteiger partial charge in [0.1, 0.15) is 17.7 Å². The van der Waals surface area contributed by atoms with E-state index >= 15 is 0 Å². The fourth-order valence-electron chi connectivity index (χ4n) is 1.94. The Morgan fingerprint density at radius 3 is 3.12 bits per heavy atom. The van der Waals surface area contributed by atoms with Crippen LogP contribution in [0, 0.1) is 0 Å². The highest BCUT2D eigenvalue weighted by Gasteiger charge is 2.19. The van der Waals surface area contributed by atoms with Crippen molar-refractivity contribution in [2.45, 2.75) is 6.10 Å². The molecular weight excluding hydrogens is 218 g/mol. The maximum absolute atomic E-state index is 5.65. The highest BCUT2D eigenvalue weighted by Crippen LogP contribution is 2.19. The van der Waals surface area contributed by atoms with Crippen LogP contribution in [-0.4, -0.2) is 41.7 Å². The number of hydrogen-bond donors (Lipinski definition) is 3. The number of pyridine rings is 1. The Balaban J connectivity index is 1.95. The summed E-state index contributed by atoms with van der Waals surface area (Å²) in [6.45, 7) is 2.41. The first-order chi connectivity index (χ1) is 8.36. The second-order valence-corrected chi connectivity index (χ2v) is 4.00. The maximum atomic E-state index is 5.65. The van der Waals surface area contributed by atoms with Gasteiger partial charge < -0.3 is 20.4 Å². The van der Waals surface area contributed by atoms with Gasteiger partial charge in [0.15, 0.2) is 5.65 Å². The molecule has 17 heavy (non-hydrogen) atoms. The van der Waals surface area contributed by atoms with Crippen LogP contribution >= 0.6 is 0 Å². The zero-order valence-electron chi connectivity index (χ0n) is 9.66. The number of aromatic amines is 1. The number of hydrogen-bond acceptors (Lipinski definition) is 5. The molecule has 3 N–H and O–H groups in total. The van der Waals surface area contributed by atoms with E-state index in [-0.39, 0.29) is 6.10 Å². The van der Waals surface area contributed by atoms with Crippen LogP contribution in [0.1, 0.15) is 11.9 Å². The van der Waals surface area contributed by atoms with Crippen molar-refractivity contribution in [2.75, 3.05) is 32.1 Å². The first kappa shape index (κ1) is 10.5. The minimum Gasteiger partial charge on any atom is -0.373 e. The van der Waals surface area contributed by atoms with Gasteiger partial charge in [0, 0.05) is 20.1 Å². The molecule has 3 heterocycles. The van der Waals surface area contributed by atoms with Gasteiger partial charge in [-0.25, -0.2) is 9.97 Å². The Morgan fingerprint density at radius 1 is 1.41 bits per heavy atom. The normalized spacial score (nSPS) is 20.6. The Morgan fingerprint density at radius 2 is 2.35 bits per heavy atom. The summed E-state index contributed by atoms with van der Waals surface area (Å²) in [6, 6.07) is 3.89. The van der Waals surface area contributed by atoms with Crippen LogP contribution in [0.3, 0.4) is 0 Å². The second kappa shape index (κ2) is 4.31. The van der Waals surface area contributed by atoms with Crippen LogP contribution in [0.15, 0.2) is 12.1 Å². The van der Waals surface area contributed by atoms with E-state index in [1.807, 2.05) is 19.2 Å². The van der Waals surface area contributed by atoms with Crippen LogP contribution in [0.5, 0.6) is 0 Å². The molecule has 0 saturated carbocycles. The number of ether oxygens (including phenoxy) is 1. The Labute approximate surface area is 98.8 Å². The van der Waals surface area contributed by atoms with E-state index in [1.54, 1.807) is 0 Å². The molecule has 6 nitrogen and oxygen atoms in total. The minimum absolute atomic E-state index is 0.00372. The molecule has 1 saturated heterocycles. The van der Waals surface area contributed by atoms with Crippen LogP contribution in [0.4, 0.5) is 5.82 Å². The molecule has 6 heteroatoms. The van der Waals surface area contributed by atoms with Crippen molar-refractivity contribution in [1.82, 2.24) is 20.3 Å². The summed E-state index contributed by atoms with van der Waals surface area (Å²) in [5, 5.41) is 6.28. The molecule has 1 aliphatic rings. The van der Waals surface area contributed by atoms with E-state index in [0.29, 0.717) is 0 Å². The van der Waals surface area contributed by atoms with Crippen molar-refractivity contribution >= 4 is 17.0 Å². The molecule has 1 aliphatic heterocycles. The molecule has 3 rings (SSSR count). The summed E-state index contributed by atoms with van der Waals surface area (Å²) in [4.78, 5) is 12.1. The summed E-state index contributed by atoms with van der Waals surface area (Å²) in [5.74, 6) is 1.66. The van der Waals surface area contributed by atoms with Gasteiger partial charge >= 0.3 is 0 Å². The molecule has 1 atom stereocenters. The van der Waals surface area contributed by atoms with Crippen LogP contribution in [0.2, 0.25) is 0 Å². The van der Waals surface area contributed by atoms with Gasteiger partial charge in [-0.3, -0.25) is 0 Å². The lowest BCUT2D eigenvalue weighted by Crippen LogP contribution is -2.33. The third kappa shape index (κ3) is 1.96. The predicted octanol–water partition coefficient (Wildman–Crippen LogP) is 0.660. The molecule has 0 radical (unpaired) electrons. The van der Waals surface area contributed by atoms with E-state index in [9.17, 15) is 0 Å². The molecule has 90 valence electrons. The second-order valence-electron chi connectivity index (χ2n) is 4.00. The van der Waals surface area contributed by atoms with Crippen molar-refractivity contribution in [3.05, 3.63) is 18.0 Å². The fourth-order valence-corrected chi connectivity index (χ4v) is 1.94. The number of fused-ring (bicyclic) bond motifs is 1. The molecule has 1 unspecified atom stereocenters. The highest BCUT2D eigenvalue weighted by molar-refractivity contribution is 5.72. The number of rotatable bonds is 2. The topological polar surface area (TPSA) is 74.9 Å². The standard InChI is InChI=1S/C11H15N5O/c1-12-9-3-2-7-10(15-9)16-11(14-7)8-6-13-4-5-17-8/h2-3,8,13H,4-6H2,1H3,(H2,12,14,15,16). The molecule has 0 bridgehead atoms. The number of imidazole rings is 1. The van der Waals surface area contributed by atoms with Crippen molar-refractivity contribution < 1.29 is 4.74 Å². The molecule has 2 aromatic rings. The molecule has 0 aromatic carbocycles. The number of nitrogens with zero attached hydrogens (tertiary/aromatic N) is 2. The van der Waals surface area contributed by atoms with E-state index in [1.165, 1.54) is 0 Å². The lowest BCUT2D eigenvalue weighted by atomic mass is 10.3. The Kier molecular flexibility index (Phi) is 2.66. The summed E-state index contributed by atoms with van der Waals surface area (Å²) in [6.07, 6.45) is -0.00372. The van der Waals surface area contributed by atoms with Crippen molar-refractivity contribution in [1.29, 1.82) is 0 Å². The third-order valence-electron chi connectivity index (χ3n) is 2.85. The predicted molar refractivity (Wildman–Crippen MR) is 65.0 cm³/mol. The monoisotopic (exact) mass is 233 g/mol. The molecule has 1 fully saturated rings. The molecule has 0 aliphatic carbocycles. The number of aromatic nitrogens is 3. The summed E-state index contributed by atoms with van der Waals surface area (Å²) < 4.78 is 5.65. The first-order valence-corrected chi connectivity index (χ1v) is 5.73. The molecule has 0 amide bonds. The van der Waals surface area contributed by atoms with Crippen LogP contribution < -0.4 is 10.6 Å². The maximum Gasteiger partial charge on any atom is 0.179 e. The molecular formula is C11H15N5O. The highest BCUT2D eigenvalue weighted by atomic mass is 16.5. The summed E-state index contributed by atoms with van der Waals surface area (Å²) in [7, 11) is 1.84. The van der Waals surface area contributed by atoms with Gasteiger partial charge in [-0.1, -0.05) is 0 Å². The average molecular weight is 233 g/mol. The average Bonchev–Trinajstić information content (AvgIpc) is 2.82. The van der Waals surface area contributed by atoms with Crippen molar-refractivity contribution in [3.8, 4) is 0 Å². The number of morpholine rings is 1. The molecule has 0 spiro atoms. The van der Waals surface area contributed by atoms with Gasteiger partial charge in [-0.05, 0) is 12.1 Å². The summed E-state index contributed by atoms with van der Waals surface area (Å²) in [5.41, 5.74) is 1.66. The van der Waals surface area contributed by atoms with Crippen molar-refractivity contribution in [2.24, 2.45) is 0 Å². The smallest absolute Gasteiger partial charge is 0.179 e. The van der Waals surface area contributed by atoms with Gasteiger partial charge in [0.2, 0.25) is 0 Å².